The minimum atomic E-state index is -0.457. The van der Waals surface area contributed by atoms with E-state index in [-0.39, 0.29) is 5.97 Å². The maximum Gasteiger partial charge on any atom is 0.316 e. The largest absolute Gasteiger partial charge is 0.465 e. The van der Waals surface area contributed by atoms with Crippen molar-refractivity contribution in [2.75, 3.05) is 13.2 Å². The van der Waals surface area contributed by atoms with Gasteiger partial charge in [-0.05, 0) is 36.9 Å². The number of ether oxygens (including phenoxy) is 1. The minimum Gasteiger partial charge on any atom is -0.465 e. The van der Waals surface area contributed by atoms with Crippen LogP contribution in [-0.4, -0.2) is 19.1 Å². The topological polar surface area (TPSA) is 38.3 Å². The van der Waals surface area contributed by atoms with E-state index in [4.69, 9.17) is 4.74 Å². The van der Waals surface area contributed by atoms with Crippen molar-refractivity contribution < 1.29 is 9.53 Å². The third-order valence-corrected chi connectivity index (χ3v) is 4.60. The molecule has 120 valence electrons. The molecule has 1 aliphatic carbocycles. The van der Waals surface area contributed by atoms with Gasteiger partial charge in [-0.2, -0.15) is 0 Å². The predicted molar refractivity (Wildman–Crippen MR) is 91.0 cm³/mol. The fourth-order valence-corrected chi connectivity index (χ4v) is 3.28. The Hall–Kier alpha value is -2.13. The van der Waals surface area contributed by atoms with Crippen molar-refractivity contribution in [3.63, 3.8) is 0 Å². The zero-order valence-electron chi connectivity index (χ0n) is 13.5. The Morgan fingerprint density at radius 2 is 1.78 bits per heavy atom. The van der Waals surface area contributed by atoms with Gasteiger partial charge in [0.05, 0.1) is 12.0 Å². The maximum atomic E-state index is 12.5. The number of carbonyl (C=O) groups excluding carboxylic acids is 1. The van der Waals surface area contributed by atoms with Crippen LogP contribution in [0.2, 0.25) is 0 Å². The van der Waals surface area contributed by atoms with Gasteiger partial charge in [0.25, 0.3) is 0 Å². The highest BCUT2D eigenvalue weighted by Crippen LogP contribution is 2.54. The average Bonchev–Trinajstić information content (AvgIpc) is 3.33. The Labute approximate surface area is 137 Å². The van der Waals surface area contributed by atoms with Crippen LogP contribution in [0.25, 0.3) is 0 Å². The first kappa shape index (κ1) is 15.8. The first-order valence-electron chi connectivity index (χ1n) is 8.24. The van der Waals surface area contributed by atoms with Crippen LogP contribution in [0.15, 0.2) is 60.7 Å². The molecule has 3 rings (SSSR count). The zero-order valence-corrected chi connectivity index (χ0v) is 13.5. The molecule has 0 aromatic heterocycles. The summed E-state index contributed by atoms with van der Waals surface area (Å²) < 4.78 is 5.35. The molecule has 0 aliphatic heterocycles. The minimum absolute atomic E-state index is 0.0855. The lowest BCUT2D eigenvalue weighted by Crippen LogP contribution is -2.29. The van der Waals surface area contributed by atoms with E-state index in [9.17, 15) is 4.79 Å². The third kappa shape index (κ3) is 3.30. The van der Waals surface area contributed by atoms with Crippen molar-refractivity contribution in [1.29, 1.82) is 0 Å². The molecule has 0 radical (unpaired) electrons. The number of benzene rings is 2. The van der Waals surface area contributed by atoms with E-state index in [1.54, 1.807) is 0 Å². The Morgan fingerprint density at radius 3 is 2.43 bits per heavy atom. The van der Waals surface area contributed by atoms with Gasteiger partial charge in [-0.1, -0.05) is 60.7 Å². The molecule has 3 heteroatoms. The number of hydrogen-bond acceptors (Lipinski definition) is 3. The van der Waals surface area contributed by atoms with Crippen molar-refractivity contribution >= 4 is 5.97 Å². The molecule has 23 heavy (non-hydrogen) atoms. The van der Waals surface area contributed by atoms with Gasteiger partial charge < -0.3 is 10.1 Å². The molecule has 0 spiro atoms. The smallest absolute Gasteiger partial charge is 0.316 e. The van der Waals surface area contributed by atoms with Crippen molar-refractivity contribution in [3.8, 4) is 0 Å². The van der Waals surface area contributed by atoms with Gasteiger partial charge in [-0.3, -0.25) is 4.79 Å². The van der Waals surface area contributed by atoms with E-state index >= 15 is 0 Å². The number of nitrogens with one attached hydrogen (secondary N) is 1. The second-order valence-electron chi connectivity index (χ2n) is 6.08. The molecular weight excluding hydrogens is 286 g/mol. The Balaban J connectivity index is 1.65. The van der Waals surface area contributed by atoms with Crippen LogP contribution in [0.5, 0.6) is 0 Å². The summed E-state index contributed by atoms with van der Waals surface area (Å²) in [5, 5.41) is 3.48. The van der Waals surface area contributed by atoms with E-state index < -0.39 is 5.41 Å². The SMILES string of the molecule is CCOC(=O)[C@]1(c2ccccc2)C[C@@H]1CNCc1ccccc1. The molecule has 1 aliphatic rings. The van der Waals surface area contributed by atoms with Crippen molar-refractivity contribution in [2.45, 2.75) is 25.3 Å². The Morgan fingerprint density at radius 1 is 1.13 bits per heavy atom. The zero-order chi connectivity index (χ0) is 16.1. The molecule has 1 fully saturated rings. The van der Waals surface area contributed by atoms with Crippen LogP contribution >= 0.6 is 0 Å². The normalized spacial score (nSPS) is 22.6. The van der Waals surface area contributed by atoms with Gasteiger partial charge >= 0.3 is 5.97 Å². The Bertz CT molecular complexity index is 641. The number of hydrogen-bond donors (Lipinski definition) is 1. The van der Waals surface area contributed by atoms with E-state index in [0.29, 0.717) is 12.5 Å². The molecule has 0 saturated heterocycles. The molecule has 0 heterocycles. The van der Waals surface area contributed by atoms with Gasteiger partial charge in [0.2, 0.25) is 0 Å². The third-order valence-electron chi connectivity index (χ3n) is 4.60. The molecule has 2 aromatic rings. The fourth-order valence-electron chi connectivity index (χ4n) is 3.28. The number of rotatable bonds is 7. The molecule has 1 saturated carbocycles. The van der Waals surface area contributed by atoms with Crippen molar-refractivity contribution in [1.82, 2.24) is 5.32 Å². The van der Waals surface area contributed by atoms with Gasteiger partial charge in [-0.15, -0.1) is 0 Å². The van der Waals surface area contributed by atoms with E-state index in [2.05, 4.69) is 17.4 Å². The molecule has 2 atom stereocenters. The maximum absolute atomic E-state index is 12.5. The van der Waals surface area contributed by atoms with E-state index in [1.807, 2.05) is 55.5 Å². The molecular formula is C20H23NO2. The summed E-state index contributed by atoms with van der Waals surface area (Å²) in [7, 11) is 0. The summed E-state index contributed by atoms with van der Waals surface area (Å²) in [6, 6.07) is 20.3. The molecule has 0 amide bonds. The molecule has 0 unspecified atom stereocenters. The summed E-state index contributed by atoms with van der Waals surface area (Å²) in [5.41, 5.74) is 1.88. The highest BCUT2D eigenvalue weighted by atomic mass is 16.5. The number of esters is 1. The average molecular weight is 309 g/mol. The summed E-state index contributed by atoms with van der Waals surface area (Å²) in [4.78, 5) is 12.5. The fraction of sp³-hybridized carbons (Fsp3) is 0.350. The lowest BCUT2D eigenvalue weighted by Gasteiger charge is -2.17. The highest BCUT2D eigenvalue weighted by Gasteiger charge is 2.61. The lowest BCUT2D eigenvalue weighted by molar-refractivity contribution is -0.146. The van der Waals surface area contributed by atoms with Crippen LogP contribution in [0.1, 0.15) is 24.5 Å². The monoisotopic (exact) mass is 309 g/mol. The first-order chi connectivity index (χ1) is 11.3. The second kappa shape index (κ2) is 6.97. The van der Waals surface area contributed by atoms with E-state index in [1.165, 1.54) is 5.56 Å². The summed E-state index contributed by atoms with van der Waals surface area (Å²) in [6.45, 7) is 3.94. The van der Waals surface area contributed by atoms with Gasteiger partial charge in [0.1, 0.15) is 0 Å². The van der Waals surface area contributed by atoms with Crippen molar-refractivity contribution in [2.24, 2.45) is 5.92 Å². The molecule has 1 N–H and O–H groups in total. The predicted octanol–water partition coefficient (Wildman–Crippen LogP) is 3.30. The van der Waals surface area contributed by atoms with Crippen LogP contribution < -0.4 is 5.32 Å². The molecule has 0 bridgehead atoms. The van der Waals surface area contributed by atoms with Gasteiger partial charge in [-0.25, -0.2) is 0 Å². The molecule has 3 nitrogen and oxygen atoms in total. The van der Waals surface area contributed by atoms with Crippen LogP contribution in [0.4, 0.5) is 0 Å². The first-order valence-corrected chi connectivity index (χ1v) is 8.24. The van der Waals surface area contributed by atoms with Crippen molar-refractivity contribution in [3.05, 3.63) is 71.8 Å². The quantitative estimate of drug-likeness (QED) is 0.798. The summed E-state index contributed by atoms with van der Waals surface area (Å²) in [6.07, 6.45) is 0.859. The lowest BCUT2D eigenvalue weighted by atomic mass is 9.93. The summed E-state index contributed by atoms with van der Waals surface area (Å²) >= 11 is 0. The summed E-state index contributed by atoms with van der Waals surface area (Å²) in [5.74, 6) is 0.213. The van der Waals surface area contributed by atoms with Gasteiger partial charge in [0, 0.05) is 6.54 Å². The number of carbonyl (C=O) groups is 1. The highest BCUT2D eigenvalue weighted by molar-refractivity contribution is 5.87. The standard InChI is InChI=1S/C20H23NO2/c1-2-23-19(22)20(17-11-7-4-8-12-17)13-18(20)15-21-14-16-9-5-3-6-10-16/h3-12,18,21H,2,13-15H2,1H3/t18-,20+/m1/s1. The van der Waals surface area contributed by atoms with Crippen LogP contribution in [-0.2, 0) is 21.5 Å². The van der Waals surface area contributed by atoms with Gasteiger partial charge in [0.15, 0.2) is 0 Å². The molecule has 2 aromatic carbocycles. The van der Waals surface area contributed by atoms with Crippen LogP contribution in [0.3, 0.4) is 0 Å². The van der Waals surface area contributed by atoms with Crippen LogP contribution in [0, 0.1) is 5.92 Å². The second-order valence-corrected chi connectivity index (χ2v) is 6.08. The van der Waals surface area contributed by atoms with E-state index in [0.717, 1.165) is 25.1 Å². The Kier molecular flexibility index (Phi) is 4.77.